The molecule has 1 N–H and O–H groups in total. The normalized spacial score (nSPS) is 22.5. The Morgan fingerprint density at radius 1 is 1.38 bits per heavy atom. The third-order valence-electron chi connectivity index (χ3n) is 4.86. The summed E-state index contributed by atoms with van der Waals surface area (Å²) in [5, 5.41) is 7.13. The Hall–Kier alpha value is -2.18. The Morgan fingerprint density at radius 3 is 2.92 bits per heavy atom. The molecule has 2 aliphatic rings. The second-order valence-corrected chi connectivity index (χ2v) is 7.05. The topological polar surface area (TPSA) is 67.6 Å². The lowest BCUT2D eigenvalue weighted by Gasteiger charge is -2.35. The molecule has 6 nitrogen and oxygen atoms in total. The molecule has 1 saturated heterocycles. The van der Waals surface area contributed by atoms with Crippen LogP contribution < -0.4 is 5.32 Å². The van der Waals surface area contributed by atoms with Gasteiger partial charge < -0.3 is 14.6 Å². The highest BCUT2D eigenvalue weighted by Crippen LogP contribution is 2.31. The number of likely N-dealkylation sites (N-methyl/N-ethyl adjacent to an activating group) is 1. The Balaban J connectivity index is 1.52. The van der Waals surface area contributed by atoms with Gasteiger partial charge in [0.1, 0.15) is 0 Å². The van der Waals surface area contributed by atoms with Crippen molar-refractivity contribution < 1.29 is 14.1 Å². The van der Waals surface area contributed by atoms with Crippen molar-refractivity contribution in [2.24, 2.45) is 0 Å². The Bertz CT molecular complexity index is 766. The highest BCUT2D eigenvalue weighted by atomic mass is 16.5. The lowest BCUT2D eigenvalue weighted by atomic mass is 9.85. The lowest BCUT2D eigenvalue weighted by Crippen LogP contribution is -2.44. The van der Waals surface area contributed by atoms with Crippen LogP contribution in [0.15, 0.2) is 34.9 Å². The molecule has 0 radical (unpaired) electrons. The fourth-order valence-electron chi connectivity index (χ4n) is 3.36. The first kappa shape index (κ1) is 15.4. The zero-order chi connectivity index (χ0) is 16.7. The van der Waals surface area contributed by atoms with E-state index in [-0.39, 0.29) is 23.1 Å². The summed E-state index contributed by atoms with van der Waals surface area (Å²) in [7, 11) is 2.05. The molecule has 3 heterocycles. The van der Waals surface area contributed by atoms with E-state index in [9.17, 15) is 4.79 Å². The van der Waals surface area contributed by atoms with E-state index in [1.807, 2.05) is 12.1 Å². The summed E-state index contributed by atoms with van der Waals surface area (Å²) < 4.78 is 10.5. The van der Waals surface area contributed by atoms with Gasteiger partial charge in [0.25, 0.3) is 5.91 Å². The number of aromatic nitrogens is 1. The van der Waals surface area contributed by atoms with Crippen molar-refractivity contribution in [3.63, 3.8) is 0 Å². The fraction of sp³-hybridized carbons (Fsp3) is 0.444. The molecule has 126 valence electrons. The van der Waals surface area contributed by atoms with E-state index < -0.39 is 0 Å². The van der Waals surface area contributed by atoms with Gasteiger partial charge in [-0.15, -0.1) is 0 Å². The molecule has 4 rings (SSSR count). The molecule has 0 saturated carbocycles. The number of hydrogen-bond donors (Lipinski definition) is 1. The minimum Gasteiger partial charge on any atom is -0.379 e. The van der Waals surface area contributed by atoms with Gasteiger partial charge in [-0.2, -0.15) is 0 Å². The molecule has 1 unspecified atom stereocenters. The van der Waals surface area contributed by atoms with Gasteiger partial charge in [0.2, 0.25) is 5.76 Å². The molecule has 0 aliphatic carbocycles. The molecule has 1 aromatic heterocycles. The second kappa shape index (κ2) is 5.72. The molecule has 1 aromatic carbocycles. The minimum absolute atomic E-state index is 0.0522. The van der Waals surface area contributed by atoms with E-state index in [1.54, 1.807) is 6.07 Å². The van der Waals surface area contributed by atoms with Crippen LogP contribution in [-0.4, -0.2) is 42.8 Å². The zero-order valence-corrected chi connectivity index (χ0v) is 13.9. The van der Waals surface area contributed by atoms with E-state index in [1.165, 1.54) is 11.1 Å². The zero-order valence-electron chi connectivity index (χ0n) is 13.9. The number of nitrogens with zero attached hydrogens (tertiary/aromatic N) is 2. The predicted octanol–water partition coefficient (Wildman–Crippen LogP) is 1.88. The molecular weight excluding hydrogens is 306 g/mol. The van der Waals surface area contributed by atoms with E-state index in [0.29, 0.717) is 13.2 Å². The second-order valence-electron chi connectivity index (χ2n) is 7.05. The summed E-state index contributed by atoms with van der Waals surface area (Å²) >= 11 is 0. The molecule has 2 aromatic rings. The number of carbonyl (C=O) groups is 1. The summed E-state index contributed by atoms with van der Waals surface area (Å²) in [5.41, 5.74) is 3.05. The van der Waals surface area contributed by atoms with E-state index in [2.05, 4.69) is 41.5 Å². The number of benzene rings is 1. The molecule has 6 heteroatoms. The maximum absolute atomic E-state index is 12.6. The van der Waals surface area contributed by atoms with Crippen LogP contribution in [0.1, 0.15) is 40.3 Å². The molecule has 1 amide bonds. The van der Waals surface area contributed by atoms with Gasteiger partial charge >= 0.3 is 0 Å². The van der Waals surface area contributed by atoms with Crippen molar-refractivity contribution in [3.05, 3.63) is 52.9 Å². The molecule has 1 fully saturated rings. The molecule has 2 aliphatic heterocycles. The maximum Gasteiger partial charge on any atom is 0.290 e. The third-order valence-corrected chi connectivity index (χ3v) is 4.86. The minimum atomic E-state index is -0.229. The average molecular weight is 327 g/mol. The quantitative estimate of drug-likeness (QED) is 0.932. The van der Waals surface area contributed by atoms with Crippen LogP contribution in [0.3, 0.4) is 0 Å². The van der Waals surface area contributed by atoms with Crippen molar-refractivity contribution >= 4 is 5.91 Å². The van der Waals surface area contributed by atoms with E-state index in [0.717, 1.165) is 18.8 Å². The van der Waals surface area contributed by atoms with Crippen molar-refractivity contribution in [2.45, 2.75) is 24.9 Å². The average Bonchev–Trinajstić information content (AvgIpc) is 3.03. The van der Waals surface area contributed by atoms with Crippen molar-refractivity contribution in [2.75, 3.05) is 26.8 Å². The van der Waals surface area contributed by atoms with E-state index >= 15 is 0 Å². The highest BCUT2D eigenvalue weighted by molar-refractivity contribution is 5.91. The molecule has 0 bridgehead atoms. The summed E-state index contributed by atoms with van der Waals surface area (Å²) in [5.74, 6) is 0.0246. The van der Waals surface area contributed by atoms with E-state index in [4.69, 9.17) is 9.26 Å². The first-order valence-corrected chi connectivity index (χ1v) is 8.17. The van der Waals surface area contributed by atoms with Gasteiger partial charge in [0.15, 0.2) is 0 Å². The fourth-order valence-corrected chi connectivity index (χ4v) is 3.36. The van der Waals surface area contributed by atoms with Crippen LogP contribution in [0.25, 0.3) is 0 Å². The number of fused-ring (bicyclic) bond motifs is 1. The first-order valence-electron chi connectivity index (χ1n) is 8.17. The summed E-state index contributed by atoms with van der Waals surface area (Å²) in [6.45, 7) is 4.95. The van der Waals surface area contributed by atoms with Gasteiger partial charge in [0.05, 0.1) is 30.4 Å². The molecular formula is C18H21N3O3. The smallest absolute Gasteiger partial charge is 0.290 e. The summed E-state index contributed by atoms with van der Waals surface area (Å²) in [6, 6.07) is 9.90. The molecule has 24 heavy (non-hydrogen) atoms. The van der Waals surface area contributed by atoms with Crippen molar-refractivity contribution in [3.8, 4) is 0 Å². The van der Waals surface area contributed by atoms with Crippen LogP contribution in [-0.2, 0) is 16.7 Å². The van der Waals surface area contributed by atoms with Gasteiger partial charge in [0, 0.05) is 19.2 Å². The highest BCUT2D eigenvalue weighted by Gasteiger charge is 2.39. The summed E-state index contributed by atoms with van der Waals surface area (Å²) in [4.78, 5) is 14.8. The van der Waals surface area contributed by atoms with Crippen molar-refractivity contribution in [1.29, 1.82) is 0 Å². The van der Waals surface area contributed by atoms with Crippen LogP contribution in [0.4, 0.5) is 0 Å². The first-order chi connectivity index (χ1) is 11.5. The number of rotatable bonds is 3. The van der Waals surface area contributed by atoms with Gasteiger partial charge in [-0.3, -0.25) is 9.69 Å². The maximum atomic E-state index is 12.6. The Labute approximate surface area is 140 Å². The van der Waals surface area contributed by atoms with Gasteiger partial charge in [-0.25, -0.2) is 0 Å². The Morgan fingerprint density at radius 2 is 2.17 bits per heavy atom. The lowest BCUT2D eigenvalue weighted by molar-refractivity contribution is -0.0532. The molecule has 0 spiro atoms. The summed E-state index contributed by atoms with van der Waals surface area (Å²) in [6.07, 6.45) is 0. The SMILES string of the molecule is CN1Cc2ccccc2C(NC(=O)c2cc(C3(C)COC3)no2)C1. The standard InChI is InChI=1S/C18H21N3O3/c1-18(10-23-11-18)16-7-15(24-20-16)17(22)19-14-9-21(2)8-12-5-3-4-6-13(12)14/h3-7,14H,8-11H2,1-2H3,(H,19,22). The number of amides is 1. The van der Waals surface area contributed by atoms with Gasteiger partial charge in [-0.05, 0) is 25.1 Å². The van der Waals surface area contributed by atoms with Crippen molar-refractivity contribution in [1.82, 2.24) is 15.4 Å². The number of ether oxygens (including phenoxy) is 1. The van der Waals surface area contributed by atoms with Crippen LogP contribution in [0, 0.1) is 0 Å². The van der Waals surface area contributed by atoms with Gasteiger partial charge in [-0.1, -0.05) is 29.4 Å². The monoisotopic (exact) mass is 327 g/mol. The number of hydrogen-bond acceptors (Lipinski definition) is 5. The Kier molecular flexibility index (Phi) is 3.66. The largest absolute Gasteiger partial charge is 0.379 e. The van der Waals surface area contributed by atoms with Crippen LogP contribution in [0.5, 0.6) is 0 Å². The molecule has 1 atom stereocenters. The third kappa shape index (κ3) is 2.61. The van der Waals surface area contributed by atoms with Crippen LogP contribution in [0.2, 0.25) is 0 Å². The predicted molar refractivity (Wildman–Crippen MR) is 87.7 cm³/mol. The van der Waals surface area contributed by atoms with Crippen LogP contribution >= 0.6 is 0 Å². The number of nitrogens with one attached hydrogen (secondary N) is 1. The number of carbonyl (C=O) groups excluding carboxylic acids is 1.